The third-order valence-corrected chi connectivity index (χ3v) is 8.92. The first kappa shape index (κ1) is 30.3. The van der Waals surface area contributed by atoms with E-state index in [-0.39, 0.29) is 40.9 Å². The van der Waals surface area contributed by atoms with Crippen molar-refractivity contribution in [1.82, 2.24) is 14.1 Å². The molecule has 0 bridgehead atoms. The summed E-state index contributed by atoms with van der Waals surface area (Å²) in [6.07, 6.45) is 4.23. The van der Waals surface area contributed by atoms with Gasteiger partial charge in [0.25, 0.3) is 5.56 Å². The number of carboxylic acids is 1. The van der Waals surface area contributed by atoms with E-state index < -0.39 is 23.3 Å². The molecule has 3 aromatic heterocycles. The van der Waals surface area contributed by atoms with E-state index in [1.165, 1.54) is 48.4 Å². The molecule has 13 heteroatoms. The molecule has 0 radical (unpaired) electrons. The van der Waals surface area contributed by atoms with Gasteiger partial charge in [0.1, 0.15) is 27.1 Å². The summed E-state index contributed by atoms with van der Waals surface area (Å²) in [5.74, 6) is -0.0818. The van der Waals surface area contributed by atoms with E-state index >= 15 is 0 Å². The molecule has 0 spiro atoms. The maximum absolute atomic E-state index is 14.3. The fraction of sp³-hybridized carbons (Fsp3) is 0.312. The van der Waals surface area contributed by atoms with Gasteiger partial charge in [-0.2, -0.15) is 0 Å². The zero-order chi connectivity index (χ0) is 31.5. The number of nitrogens with zero attached hydrogens (tertiary/aromatic N) is 3. The molecule has 1 atom stereocenters. The first-order valence-electron chi connectivity index (χ1n) is 14.4. The van der Waals surface area contributed by atoms with Gasteiger partial charge in [-0.25, -0.2) is 19.1 Å². The SMILES string of the molecule is COc1ccccc1C(CCn1c(=O)n(-c2cccc(C(=O)O)c2)c(=O)c2c(OC)c(-c3ncco3)sc21)OC1CCOCC1. The van der Waals surface area contributed by atoms with Gasteiger partial charge in [0, 0.05) is 25.3 Å². The van der Waals surface area contributed by atoms with Crippen molar-refractivity contribution in [2.75, 3.05) is 27.4 Å². The van der Waals surface area contributed by atoms with Crippen LogP contribution in [-0.4, -0.2) is 58.7 Å². The Morgan fingerprint density at radius 2 is 1.91 bits per heavy atom. The number of hydrogen-bond donors (Lipinski definition) is 1. The summed E-state index contributed by atoms with van der Waals surface area (Å²) in [5.41, 5.74) is -0.403. The molecular formula is C32H31N3O9S. The summed E-state index contributed by atoms with van der Waals surface area (Å²) < 4.78 is 31.5. The molecule has 4 heterocycles. The molecule has 234 valence electrons. The van der Waals surface area contributed by atoms with E-state index in [2.05, 4.69) is 4.98 Å². The van der Waals surface area contributed by atoms with Crippen molar-refractivity contribution in [2.45, 2.75) is 38.0 Å². The van der Waals surface area contributed by atoms with Crippen molar-refractivity contribution < 1.29 is 33.3 Å². The highest BCUT2D eigenvalue weighted by Gasteiger charge is 2.28. The van der Waals surface area contributed by atoms with Gasteiger partial charge in [-0.15, -0.1) is 11.3 Å². The Bertz CT molecular complexity index is 1940. The van der Waals surface area contributed by atoms with Crippen LogP contribution >= 0.6 is 11.3 Å². The molecule has 2 aromatic carbocycles. The van der Waals surface area contributed by atoms with Gasteiger partial charge in [-0.05, 0) is 43.5 Å². The largest absolute Gasteiger partial charge is 0.496 e. The van der Waals surface area contributed by atoms with Gasteiger partial charge in [-0.3, -0.25) is 9.36 Å². The van der Waals surface area contributed by atoms with E-state index in [1.54, 1.807) is 7.11 Å². The van der Waals surface area contributed by atoms with Gasteiger partial charge >= 0.3 is 11.7 Å². The Hall–Kier alpha value is -4.72. The number of benzene rings is 2. The summed E-state index contributed by atoms with van der Waals surface area (Å²) in [7, 11) is 3.03. The Kier molecular flexibility index (Phi) is 8.83. The van der Waals surface area contributed by atoms with Crippen LogP contribution in [0.3, 0.4) is 0 Å². The zero-order valence-electron chi connectivity index (χ0n) is 24.6. The van der Waals surface area contributed by atoms with Gasteiger partial charge in [0.05, 0.1) is 43.9 Å². The number of rotatable bonds is 11. The minimum Gasteiger partial charge on any atom is -0.496 e. The monoisotopic (exact) mass is 633 g/mol. The summed E-state index contributed by atoms with van der Waals surface area (Å²) >= 11 is 1.16. The Morgan fingerprint density at radius 3 is 2.62 bits per heavy atom. The average molecular weight is 634 g/mol. The molecule has 1 unspecified atom stereocenters. The van der Waals surface area contributed by atoms with E-state index in [0.29, 0.717) is 35.1 Å². The van der Waals surface area contributed by atoms with Crippen LogP contribution in [0.15, 0.2) is 75.0 Å². The number of carbonyl (C=O) groups is 1. The zero-order valence-corrected chi connectivity index (χ0v) is 25.5. The topological polar surface area (TPSA) is 144 Å². The van der Waals surface area contributed by atoms with Crippen LogP contribution < -0.4 is 20.7 Å². The lowest BCUT2D eigenvalue weighted by molar-refractivity contribution is -0.0737. The lowest BCUT2D eigenvalue weighted by Crippen LogP contribution is -2.39. The number of ether oxygens (including phenoxy) is 4. The number of aromatic carboxylic acids is 1. The number of aromatic nitrogens is 3. The molecule has 0 aliphatic carbocycles. The molecule has 1 fully saturated rings. The molecule has 12 nitrogen and oxygen atoms in total. The average Bonchev–Trinajstić information content (AvgIpc) is 3.73. The smallest absolute Gasteiger partial charge is 0.336 e. The highest BCUT2D eigenvalue weighted by molar-refractivity contribution is 7.22. The molecule has 1 N–H and O–H groups in total. The number of hydrogen-bond acceptors (Lipinski definition) is 10. The Labute approximate surface area is 261 Å². The highest BCUT2D eigenvalue weighted by atomic mass is 32.1. The van der Waals surface area contributed by atoms with Gasteiger partial charge < -0.3 is 28.5 Å². The van der Waals surface area contributed by atoms with Crippen LogP contribution in [0.4, 0.5) is 0 Å². The normalized spacial score (nSPS) is 14.4. The lowest BCUT2D eigenvalue weighted by Gasteiger charge is -2.29. The van der Waals surface area contributed by atoms with Crippen molar-refractivity contribution in [3.8, 4) is 28.0 Å². The molecule has 45 heavy (non-hydrogen) atoms. The molecule has 6 rings (SSSR count). The second kappa shape index (κ2) is 13.1. The first-order chi connectivity index (χ1) is 21.9. The first-order valence-corrected chi connectivity index (χ1v) is 15.2. The van der Waals surface area contributed by atoms with E-state index in [9.17, 15) is 19.5 Å². The number of carboxylic acid groups (broad SMARTS) is 1. The maximum Gasteiger partial charge on any atom is 0.336 e. The molecule has 0 amide bonds. The van der Waals surface area contributed by atoms with Crippen molar-refractivity contribution in [2.24, 2.45) is 0 Å². The third kappa shape index (κ3) is 5.89. The number of oxazole rings is 1. The Balaban J connectivity index is 1.52. The van der Waals surface area contributed by atoms with Crippen LogP contribution in [-0.2, 0) is 16.0 Å². The predicted octanol–water partition coefficient (Wildman–Crippen LogP) is 4.91. The second-order valence-electron chi connectivity index (χ2n) is 10.4. The molecule has 0 saturated carbocycles. The van der Waals surface area contributed by atoms with Crippen LogP contribution in [0.2, 0.25) is 0 Å². The molecule has 1 saturated heterocycles. The summed E-state index contributed by atoms with van der Waals surface area (Å²) in [4.78, 5) is 45.2. The minimum absolute atomic E-state index is 0.0448. The van der Waals surface area contributed by atoms with Crippen molar-refractivity contribution >= 4 is 27.5 Å². The fourth-order valence-electron chi connectivity index (χ4n) is 5.58. The predicted molar refractivity (Wildman–Crippen MR) is 166 cm³/mol. The number of fused-ring (bicyclic) bond motifs is 1. The maximum atomic E-state index is 14.3. The number of methoxy groups -OCH3 is 2. The minimum atomic E-state index is -1.18. The summed E-state index contributed by atoms with van der Waals surface area (Å²) in [5, 5.41) is 9.75. The highest BCUT2D eigenvalue weighted by Crippen LogP contribution is 2.42. The van der Waals surface area contributed by atoms with E-state index in [1.807, 2.05) is 24.3 Å². The second-order valence-corrected chi connectivity index (χ2v) is 11.4. The van der Waals surface area contributed by atoms with E-state index in [0.717, 1.165) is 34.3 Å². The lowest BCUT2D eigenvalue weighted by atomic mass is 10.0. The molecular weight excluding hydrogens is 602 g/mol. The molecule has 5 aromatic rings. The summed E-state index contributed by atoms with van der Waals surface area (Å²) in [6, 6.07) is 13.3. The van der Waals surface area contributed by atoms with Crippen LogP contribution in [0.1, 0.15) is 41.3 Å². The standard InChI is InChI=1S/C32H31N3O9S/c1-40-23-9-4-3-8-22(23)24(44-21-11-15-42-16-12-21)10-14-34-30-25(26(41-2)27(45-30)28-33-13-17-43-28)29(36)35(32(34)39)20-7-5-6-19(18-20)31(37)38/h3-9,13,17-18,21,24H,10-12,14-16H2,1-2H3,(H,37,38). The van der Waals surface area contributed by atoms with Gasteiger partial charge in [0.2, 0.25) is 5.89 Å². The number of aryl methyl sites for hydroxylation is 1. The number of para-hydroxylation sites is 1. The van der Waals surface area contributed by atoms with Crippen molar-refractivity contribution in [1.29, 1.82) is 0 Å². The van der Waals surface area contributed by atoms with Crippen LogP contribution in [0.5, 0.6) is 11.5 Å². The van der Waals surface area contributed by atoms with Crippen LogP contribution in [0.25, 0.3) is 26.7 Å². The Morgan fingerprint density at radius 1 is 1.11 bits per heavy atom. The third-order valence-electron chi connectivity index (χ3n) is 7.74. The van der Waals surface area contributed by atoms with Crippen LogP contribution in [0, 0.1) is 0 Å². The van der Waals surface area contributed by atoms with Crippen molar-refractivity contribution in [3.05, 3.63) is 93.0 Å². The fourth-order valence-corrected chi connectivity index (χ4v) is 6.80. The molecule has 1 aliphatic heterocycles. The van der Waals surface area contributed by atoms with Gasteiger partial charge in [0.15, 0.2) is 5.75 Å². The van der Waals surface area contributed by atoms with Crippen molar-refractivity contribution in [3.63, 3.8) is 0 Å². The quantitative estimate of drug-likeness (QED) is 0.213. The molecule has 1 aliphatic rings. The number of thiophene rings is 1. The van der Waals surface area contributed by atoms with E-state index in [4.69, 9.17) is 23.4 Å². The summed E-state index contributed by atoms with van der Waals surface area (Å²) in [6.45, 7) is 1.35. The van der Waals surface area contributed by atoms with Gasteiger partial charge in [-0.1, -0.05) is 24.3 Å².